The molecule has 5 nitrogen and oxygen atoms in total. The van der Waals surface area contributed by atoms with E-state index in [1.54, 1.807) is 13.0 Å². The molecule has 1 N–H and O–H groups in total. The van der Waals surface area contributed by atoms with Crippen LogP contribution >= 0.6 is 0 Å². The number of benzene rings is 2. The van der Waals surface area contributed by atoms with Crippen molar-refractivity contribution < 1.29 is 14.3 Å². The molecule has 1 aromatic heterocycles. The lowest BCUT2D eigenvalue weighted by Crippen LogP contribution is -2.38. The Morgan fingerprint density at radius 1 is 1.24 bits per heavy atom. The number of carbonyl (C=O) groups excluding carboxylic acids is 1. The number of aliphatic hydroxyl groups is 1. The Labute approximate surface area is 193 Å². The van der Waals surface area contributed by atoms with Crippen LogP contribution in [0.25, 0.3) is 11.0 Å². The number of carbonyl (C=O) groups is 1. The van der Waals surface area contributed by atoms with Crippen LogP contribution in [0.5, 0.6) is 0 Å². The molecule has 1 saturated carbocycles. The molecule has 0 saturated heterocycles. The van der Waals surface area contributed by atoms with Crippen molar-refractivity contribution in [2.24, 2.45) is 0 Å². The van der Waals surface area contributed by atoms with E-state index in [9.17, 15) is 19.6 Å². The SMILES string of the molecule is CC1(n2c(CCCCC(=O)C[C@@](C)(O)c3ccc(F)cc3)nc3ccc(C#N)cc32)CCC1. The monoisotopic (exact) mass is 447 g/mol. The topological polar surface area (TPSA) is 78.9 Å². The minimum Gasteiger partial charge on any atom is -0.385 e. The number of nitrogens with zero attached hydrogens (tertiary/aromatic N) is 3. The summed E-state index contributed by atoms with van der Waals surface area (Å²) < 4.78 is 15.5. The van der Waals surface area contributed by atoms with Gasteiger partial charge in [0.05, 0.1) is 28.3 Å². The summed E-state index contributed by atoms with van der Waals surface area (Å²) in [5.74, 6) is 0.627. The molecule has 2 aromatic carbocycles. The number of ketones is 1. The average Bonchev–Trinajstić information content (AvgIpc) is 3.12. The van der Waals surface area contributed by atoms with Gasteiger partial charge in [-0.1, -0.05) is 12.1 Å². The number of unbranched alkanes of at least 4 members (excludes halogenated alkanes) is 1. The van der Waals surface area contributed by atoms with Crippen LogP contribution in [-0.2, 0) is 22.4 Å². The van der Waals surface area contributed by atoms with Crippen LogP contribution in [0.3, 0.4) is 0 Å². The highest BCUT2D eigenvalue weighted by Gasteiger charge is 2.36. The van der Waals surface area contributed by atoms with Gasteiger partial charge in [-0.05, 0) is 81.8 Å². The van der Waals surface area contributed by atoms with Crippen molar-refractivity contribution in [1.29, 1.82) is 5.26 Å². The van der Waals surface area contributed by atoms with Crippen molar-refractivity contribution >= 4 is 16.8 Å². The Morgan fingerprint density at radius 2 is 1.97 bits per heavy atom. The van der Waals surface area contributed by atoms with Crippen molar-refractivity contribution in [3.63, 3.8) is 0 Å². The second-order valence-electron chi connectivity index (χ2n) is 9.73. The van der Waals surface area contributed by atoms with Gasteiger partial charge in [0.25, 0.3) is 0 Å². The first-order valence-corrected chi connectivity index (χ1v) is 11.6. The van der Waals surface area contributed by atoms with E-state index in [4.69, 9.17) is 4.98 Å². The maximum atomic E-state index is 13.1. The van der Waals surface area contributed by atoms with Crippen LogP contribution in [0.2, 0.25) is 0 Å². The fourth-order valence-corrected chi connectivity index (χ4v) is 4.87. The highest BCUT2D eigenvalue weighted by Crippen LogP contribution is 2.42. The van der Waals surface area contributed by atoms with Gasteiger partial charge in [-0.15, -0.1) is 0 Å². The van der Waals surface area contributed by atoms with Gasteiger partial charge in [0, 0.05) is 24.8 Å². The number of aryl methyl sites for hydroxylation is 1. The molecule has 0 unspecified atom stereocenters. The summed E-state index contributed by atoms with van der Waals surface area (Å²) in [5, 5.41) is 20.0. The number of halogens is 1. The van der Waals surface area contributed by atoms with E-state index < -0.39 is 5.60 Å². The van der Waals surface area contributed by atoms with Crippen LogP contribution in [0.4, 0.5) is 4.39 Å². The van der Waals surface area contributed by atoms with E-state index in [0.717, 1.165) is 42.5 Å². The molecule has 33 heavy (non-hydrogen) atoms. The van der Waals surface area contributed by atoms with Crippen molar-refractivity contribution in [2.75, 3.05) is 0 Å². The summed E-state index contributed by atoms with van der Waals surface area (Å²) in [5.41, 5.74) is 1.81. The number of rotatable bonds is 9. The Hall–Kier alpha value is -3.04. The van der Waals surface area contributed by atoms with E-state index >= 15 is 0 Å². The quantitative estimate of drug-likeness (QED) is 0.438. The molecule has 0 bridgehead atoms. The molecule has 1 aliphatic rings. The molecule has 1 aliphatic carbocycles. The molecular formula is C27H30FN3O2. The molecular weight excluding hydrogens is 417 g/mol. The van der Waals surface area contributed by atoms with Gasteiger partial charge in [-0.25, -0.2) is 9.37 Å². The smallest absolute Gasteiger partial charge is 0.136 e. The molecule has 0 amide bonds. The number of hydrogen-bond donors (Lipinski definition) is 1. The lowest BCUT2D eigenvalue weighted by Gasteiger charge is -2.41. The minimum absolute atomic E-state index is 0.00610. The van der Waals surface area contributed by atoms with Gasteiger partial charge in [0.1, 0.15) is 17.4 Å². The van der Waals surface area contributed by atoms with E-state index in [-0.39, 0.29) is 23.6 Å². The number of aromatic nitrogens is 2. The summed E-state index contributed by atoms with van der Waals surface area (Å²) in [4.78, 5) is 17.4. The Kier molecular flexibility index (Phi) is 6.36. The van der Waals surface area contributed by atoms with Crippen LogP contribution in [0.15, 0.2) is 42.5 Å². The van der Waals surface area contributed by atoms with E-state index in [2.05, 4.69) is 17.6 Å². The highest BCUT2D eigenvalue weighted by atomic mass is 19.1. The predicted molar refractivity (Wildman–Crippen MR) is 125 cm³/mol. The van der Waals surface area contributed by atoms with E-state index in [1.165, 1.54) is 30.7 Å². The lowest BCUT2D eigenvalue weighted by molar-refractivity contribution is -0.123. The Balaban J connectivity index is 1.39. The molecule has 0 aliphatic heterocycles. The number of hydrogen-bond acceptors (Lipinski definition) is 4. The summed E-state index contributed by atoms with van der Waals surface area (Å²) >= 11 is 0. The van der Waals surface area contributed by atoms with Crippen molar-refractivity contribution in [1.82, 2.24) is 9.55 Å². The Morgan fingerprint density at radius 3 is 2.61 bits per heavy atom. The third-order valence-corrected chi connectivity index (χ3v) is 6.94. The number of nitriles is 1. The molecule has 1 heterocycles. The Bertz CT molecular complexity index is 1200. The first kappa shape index (κ1) is 23.1. The fourth-order valence-electron chi connectivity index (χ4n) is 4.87. The van der Waals surface area contributed by atoms with Crippen LogP contribution in [0.1, 0.15) is 75.7 Å². The zero-order valence-corrected chi connectivity index (χ0v) is 19.3. The number of Topliss-reactive ketones (excluding diaryl/α,β-unsaturated/α-hetero) is 1. The number of fused-ring (bicyclic) bond motifs is 1. The fraction of sp³-hybridized carbons (Fsp3) is 0.444. The summed E-state index contributed by atoms with van der Waals surface area (Å²) in [6.45, 7) is 3.84. The summed E-state index contributed by atoms with van der Waals surface area (Å²) in [7, 11) is 0. The van der Waals surface area contributed by atoms with Crippen LogP contribution in [0, 0.1) is 17.1 Å². The minimum atomic E-state index is -1.31. The van der Waals surface area contributed by atoms with Gasteiger partial charge in [-0.2, -0.15) is 5.26 Å². The van der Waals surface area contributed by atoms with Crippen molar-refractivity contribution in [3.05, 3.63) is 65.2 Å². The van der Waals surface area contributed by atoms with Crippen molar-refractivity contribution in [2.45, 2.75) is 76.4 Å². The van der Waals surface area contributed by atoms with Crippen molar-refractivity contribution in [3.8, 4) is 6.07 Å². The zero-order chi connectivity index (χ0) is 23.6. The summed E-state index contributed by atoms with van der Waals surface area (Å²) in [6.07, 6.45) is 6.05. The molecule has 4 rings (SSSR count). The molecule has 1 atom stereocenters. The second-order valence-corrected chi connectivity index (χ2v) is 9.73. The highest BCUT2D eigenvalue weighted by molar-refractivity contribution is 5.80. The normalized spacial score (nSPS) is 16.7. The molecule has 0 radical (unpaired) electrons. The second kappa shape index (κ2) is 9.07. The van der Waals surface area contributed by atoms with E-state index in [1.807, 2.05) is 12.1 Å². The lowest BCUT2D eigenvalue weighted by atomic mass is 9.78. The van der Waals surface area contributed by atoms with Gasteiger partial charge >= 0.3 is 0 Å². The van der Waals surface area contributed by atoms with Crippen LogP contribution in [-0.4, -0.2) is 20.4 Å². The average molecular weight is 448 g/mol. The third kappa shape index (κ3) is 4.84. The first-order valence-electron chi connectivity index (χ1n) is 11.6. The largest absolute Gasteiger partial charge is 0.385 e. The van der Waals surface area contributed by atoms with Gasteiger partial charge in [-0.3, -0.25) is 4.79 Å². The van der Waals surface area contributed by atoms with Gasteiger partial charge in [0.2, 0.25) is 0 Å². The summed E-state index contributed by atoms with van der Waals surface area (Å²) in [6, 6.07) is 13.5. The van der Waals surface area contributed by atoms with Gasteiger partial charge < -0.3 is 9.67 Å². The maximum absolute atomic E-state index is 13.1. The maximum Gasteiger partial charge on any atom is 0.136 e. The zero-order valence-electron chi connectivity index (χ0n) is 19.3. The molecule has 0 spiro atoms. The predicted octanol–water partition coefficient (Wildman–Crippen LogP) is 5.53. The molecule has 3 aromatic rings. The third-order valence-electron chi connectivity index (χ3n) is 6.94. The van der Waals surface area contributed by atoms with Gasteiger partial charge in [0.15, 0.2) is 0 Å². The molecule has 6 heteroatoms. The van der Waals surface area contributed by atoms with Crippen LogP contribution < -0.4 is 0 Å². The van der Waals surface area contributed by atoms with E-state index in [0.29, 0.717) is 24.0 Å². The number of imidazole rings is 1. The molecule has 172 valence electrons. The molecule has 1 fully saturated rings. The first-order chi connectivity index (χ1) is 15.7. The standard InChI is InChI=1S/C27H30FN3O2/c1-26(14-5-15-26)31-24-16-19(18-29)8-13-23(24)30-25(31)7-4-3-6-22(32)17-27(2,33)20-9-11-21(28)12-10-20/h8-13,16,33H,3-7,14-15,17H2,1-2H3/t27-/m1/s1.